The number of carbonyl (C=O) groups is 1. The van der Waals surface area contributed by atoms with Crippen molar-refractivity contribution in [1.82, 2.24) is 20.1 Å². The van der Waals surface area contributed by atoms with E-state index >= 15 is 0 Å². The molecule has 1 saturated heterocycles. The fourth-order valence-electron chi connectivity index (χ4n) is 3.08. The number of aryl methyl sites for hydroxylation is 1. The number of thiazole rings is 1. The molecule has 0 atom stereocenters. The van der Waals surface area contributed by atoms with Crippen LogP contribution in [0, 0.1) is 6.92 Å². The van der Waals surface area contributed by atoms with E-state index < -0.39 is 0 Å². The van der Waals surface area contributed by atoms with E-state index in [0.29, 0.717) is 12.4 Å². The van der Waals surface area contributed by atoms with Crippen LogP contribution in [0.2, 0.25) is 0 Å². The summed E-state index contributed by atoms with van der Waals surface area (Å²) in [6.45, 7) is 4.40. The van der Waals surface area contributed by atoms with Crippen molar-refractivity contribution in [1.29, 1.82) is 0 Å². The van der Waals surface area contributed by atoms with Gasteiger partial charge in [0.15, 0.2) is 5.82 Å². The van der Waals surface area contributed by atoms with Gasteiger partial charge in [0.1, 0.15) is 0 Å². The van der Waals surface area contributed by atoms with Crippen LogP contribution in [0.4, 0.5) is 5.82 Å². The van der Waals surface area contributed by atoms with E-state index in [1.54, 1.807) is 11.3 Å². The van der Waals surface area contributed by atoms with Crippen molar-refractivity contribution in [3.63, 3.8) is 0 Å². The van der Waals surface area contributed by atoms with Gasteiger partial charge < -0.3 is 5.32 Å². The fraction of sp³-hybridized carbons (Fsp3) is 0.333. The first-order valence-corrected chi connectivity index (χ1v) is 9.21. The van der Waals surface area contributed by atoms with Crippen molar-refractivity contribution in [3.05, 3.63) is 35.5 Å². The Labute approximate surface area is 149 Å². The molecule has 0 unspecified atom stereocenters. The summed E-state index contributed by atoms with van der Waals surface area (Å²) < 4.78 is 0. The molecule has 1 fully saturated rings. The Morgan fingerprint density at radius 2 is 2.08 bits per heavy atom. The van der Waals surface area contributed by atoms with Crippen molar-refractivity contribution in [2.75, 3.05) is 25.0 Å². The van der Waals surface area contributed by atoms with Gasteiger partial charge in [0.25, 0.3) is 0 Å². The molecule has 4 rings (SSSR count). The Morgan fingerprint density at radius 3 is 2.84 bits per heavy atom. The van der Waals surface area contributed by atoms with E-state index in [1.807, 2.05) is 31.3 Å². The highest BCUT2D eigenvalue weighted by Crippen LogP contribution is 2.28. The number of rotatable bonds is 4. The third kappa shape index (κ3) is 3.67. The number of likely N-dealkylation sites (tertiary alicyclic amines) is 1. The van der Waals surface area contributed by atoms with Gasteiger partial charge in [0.2, 0.25) is 5.91 Å². The second-order valence-electron chi connectivity index (χ2n) is 6.28. The van der Waals surface area contributed by atoms with Gasteiger partial charge in [-0.3, -0.25) is 9.69 Å². The number of hydrogen-bond donors (Lipinski definition) is 1. The van der Waals surface area contributed by atoms with Crippen LogP contribution in [0.1, 0.15) is 17.8 Å². The van der Waals surface area contributed by atoms with Crippen LogP contribution < -0.4 is 5.32 Å². The smallest absolute Gasteiger partial charge is 0.239 e. The molecule has 1 aromatic carbocycles. The SMILES string of the molecule is Cc1ncc(-c2ccc3nnc(NC(=O)CN4CCCC4)cc3c2)s1. The highest BCUT2D eigenvalue weighted by Gasteiger charge is 2.15. The van der Waals surface area contributed by atoms with Crippen molar-refractivity contribution in [2.45, 2.75) is 19.8 Å². The molecule has 0 radical (unpaired) electrons. The first-order valence-electron chi connectivity index (χ1n) is 8.40. The molecule has 1 N–H and O–H groups in total. The fourth-order valence-corrected chi connectivity index (χ4v) is 3.85. The lowest BCUT2D eigenvalue weighted by atomic mass is 10.1. The van der Waals surface area contributed by atoms with Gasteiger partial charge in [-0.25, -0.2) is 4.98 Å². The number of nitrogens with zero attached hydrogens (tertiary/aromatic N) is 4. The number of carbonyl (C=O) groups excluding carboxylic acids is 1. The number of fused-ring (bicyclic) bond motifs is 1. The van der Waals surface area contributed by atoms with E-state index in [2.05, 4.69) is 31.5 Å². The maximum absolute atomic E-state index is 12.2. The number of anilines is 1. The average molecular weight is 353 g/mol. The molecular weight excluding hydrogens is 334 g/mol. The van der Waals surface area contributed by atoms with Gasteiger partial charge in [0, 0.05) is 11.6 Å². The van der Waals surface area contributed by atoms with Crippen LogP contribution >= 0.6 is 11.3 Å². The zero-order valence-electron chi connectivity index (χ0n) is 14.0. The summed E-state index contributed by atoms with van der Waals surface area (Å²) in [5.74, 6) is 0.458. The lowest BCUT2D eigenvalue weighted by Gasteiger charge is -2.13. The molecule has 25 heavy (non-hydrogen) atoms. The first kappa shape index (κ1) is 16.1. The number of aromatic nitrogens is 3. The molecule has 3 aromatic rings. The molecule has 0 aliphatic carbocycles. The third-order valence-electron chi connectivity index (χ3n) is 4.32. The molecule has 3 heterocycles. The minimum Gasteiger partial charge on any atom is -0.308 e. The lowest BCUT2D eigenvalue weighted by molar-refractivity contribution is -0.117. The Bertz CT molecular complexity index is 917. The molecule has 6 nitrogen and oxygen atoms in total. The number of benzene rings is 1. The van der Waals surface area contributed by atoms with E-state index in [1.165, 1.54) is 12.8 Å². The minimum absolute atomic E-state index is 0.0372. The van der Waals surface area contributed by atoms with E-state index in [0.717, 1.165) is 39.4 Å². The molecule has 0 spiro atoms. The summed E-state index contributed by atoms with van der Waals surface area (Å²) in [4.78, 5) is 19.8. The zero-order chi connectivity index (χ0) is 17.2. The Balaban J connectivity index is 1.54. The van der Waals surface area contributed by atoms with Gasteiger partial charge in [0.05, 0.1) is 21.9 Å². The monoisotopic (exact) mass is 353 g/mol. The van der Waals surface area contributed by atoms with Gasteiger partial charge in [-0.05, 0) is 56.6 Å². The van der Waals surface area contributed by atoms with Crippen LogP contribution in [0.3, 0.4) is 0 Å². The summed E-state index contributed by atoms with van der Waals surface area (Å²) in [6, 6.07) is 7.91. The predicted octanol–water partition coefficient (Wildman–Crippen LogP) is 3.10. The Kier molecular flexibility index (Phi) is 4.42. The molecule has 0 bridgehead atoms. The van der Waals surface area contributed by atoms with E-state index in [4.69, 9.17) is 0 Å². The maximum atomic E-state index is 12.2. The summed E-state index contributed by atoms with van der Waals surface area (Å²) in [6.07, 6.45) is 4.22. The number of amides is 1. The first-order chi connectivity index (χ1) is 12.2. The molecule has 1 aliphatic heterocycles. The Hall–Kier alpha value is -2.38. The zero-order valence-corrected chi connectivity index (χ0v) is 14.8. The maximum Gasteiger partial charge on any atom is 0.239 e. The second-order valence-corrected chi connectivity index (χ2v) is 7.51. The van der Waals surface area contributed by atoms with E-state index in [-0.39, 0.29) is 5.91 Å². The van der Waals surface area contributed by atoms with Crippen LogP contribution in [-0.2, 0) is 4.79 Å². The van der Waals surface area contributed by atoms with E-state index in [9.17, 15) is 4.79 Å². The van der Waals surface area contributed by atoms with Crippen molar-refractivity contribution in [2.24, 2.45) is 0 Å². The molecular formula is C18H19N5OS. The quantitative estimate of drug-likeness (QED) is 0.780. The number of hydrogen-bond acceptors (Lipinski definition) is 6. The van der Waals surface area contributed by atoms with Crippen molar-refractivity contribution < 1.29 is 4.79 Å². The molecule has 7 heteroatoms. The molecule has 1 amide bonds. The highest BCUT2D eigenvalue weighted by atomic mass is 32.1. The lowest BCUT2D eigenvalue weighted by Crippen LogP contribution is -2.31. The minimum atomic E-state index is -0.0372. The normalized spacial score (nSPS) is 14.9. The predicted molar refractivity (Wildman–Crippen MR) is 99.7 cm³/mol. The topological polar surface area (TPSA) is 71.0 Å². The van der Waals surface area contributed by atoms with Crippen molar-refractivity contribution in [3.8, 4) is 10.4 Å². The summed E-state index contributed by atoms with van der Waals surface area (Å²) in [5.41, 5.74) is 1.91. The summed E-state index contributed by atoms with van der Waals surface area (Å²) in [5, 5.41) is 13.2. The molecule has 1 aliphatic rings. The average Bonchev–Trinajstić information content (AvgIpc) is 3.26. The molecule has 0 saturated carbocycles. The summed E-state index contributed by atoms with van der Waals surface area (Å²) >= 11 is 1.66. The molecule has 128 valence electrons. The molecule has 2 aromatic heterocycles. The van der Waals surface area contributed by atoms with Crippen LogP contribution in [0.15, 0.2) is 30.5 Å². The Morgan fingerprint density at radius 1 is 1.24 bits per heavy atom. The number of nitrogens with one attached hydrogen (secondary N) is 1. The van der Waals surface area contributed by atoms with Crippen molar-refractivity contribution >= 4 is 34.0 Å². The highest BCUT2D eigenvalue weighted by molar-refractivity contribution is 7.15. The summed E-state index contributed by atoms with van der Waals surface area (Å²) in [7, 11) is 0. The standard InChI is InChI=1S/C18H19N5OS/c1-12-19-10-16(25-12)13-4-5-15-14(8-13)9-17(22-21-15)20-18(24)11-23-6-2-3-7-23/h4-5,8-10H,2-3,6-7,11H2,1H3,(H,20,22,24). The van der Waals surface area contributed by atoms with Crippen LogP contribution in [-0.4, -0.2) is 45.6 Å². The van der Waals surface area contributed by atoms with Gasteiger partial charge >= 0.3 is 0 Å². The van der Waals surface area contributed by atoms with Gasteiger partial charge in [-0.1, -0.05) is 6.07 Å². The van der Waals surface area contributed by atoms with Crippen LogP contribution in [0.25, 0.3) is 21.3 Å². The van der Waals surface area contributed by atoms with Gasteiger partial charge in [-0.15, -0.1) is 21.5 Å². The van der Waals surface area contributed by atoms with Gasteiger partial charge in [-0.2, -0.15) is 0 Å². The largest absolute Gasteiger partial charge is 0.308 e. The second kappa shape index (κ2) is 6.85. The third-order valence-corrected chi connectivity index (χ3v) is 5.29. The van der Waals surface area contributed by atoms with Crippen LogP contribution in [0.5, 0.6) is 0 Å².